The van der Waals surface area contributed by atoms with Crippen molar-refractivity contribution in [1.29, 1.82) is 0 Å². The molecule has 2 aliphatic rings. The van der Waals surface area contributed by atoms with Crippen LogP contribution in [0.15, 0.2) is 11.4 Å². The minimum Gasteiger partial charge on any atom is -0.390 e. The van der Waals surface area contributed by atoms with E-state index in [-0.39, 0.29) is 5.91 Å². The molecule has 1 atom stereocenters. The molecule has 0 saturated carbocycles. The fourth-order valence-corrected chi connectivity index (χ4v) is 3.86. The Balaban J connectivity index is 1.50. The summed E-state index contributed by atoms with van der Waals surface area (Å²) in [6, 6.07) is 2.18. The highest BCUT2D eigenvalue weighted by atomic mass is 32.1. The van der Waals surface area contributed by atoms with Crippen LogP contribution in [-0.4, -0.2) is 53.1 Å². The van der Waals surface area contributed by atoms with Crippen LogP contribution in [-0.2, 0) is 17.8 Å². The molecule has 104 valence electrons. The summed E-state index contributed by atoms with van der Waals surface area (Å²) in [5, 5.41) is 12.3. The Morgan fingerprint density at radius 2 is 2.21 bits per heavy atom. The smallest absolute Gasteiger partial charge is 0.222 e. The van der Waals surface area contributed by atoms with Crippen LogP contribution in [0.5, 0.6) is 0 Å². The standard InChI is InChI=1S/C14H20N2O2S/c17-12(10-16-5-1-2-14(16)18)9-15-6-3-13-11(8-15)4-7-19-13/h4,7,12,17H,1-3,5-6,8-10H2. The van der Waals surface area contributed by atoms with Crippen LogP contribution >= 0.6 is 11.3 Å². The van der Waals surface area contributed by atoms with Crippen LogP contribution in [0, 0.1) is 0 Å². The topological polar surface area (TPSA) is 43.8 Å². The Kier molecular flexibility index (Phi) is 3.86. The zero-order chi connectivity index (χ0) is 13.2. The third kappa shape index (κ3) is 2.99. The number of thiophene rings is 1. The molecule has 5 heteroatoms. The summed E-state index contributed by atoms with van der Waals surface area (Å²) in [7, 11) is 0. The fraction of sp³-hybridized carbons (Fsp3) is 0.643. The van der Waals surface area contributed by atoms with E-state index in [2.05, 4.69) is 16.3 Å². The molecular weight excluding hydrogens is 260 g/mol. The lowest BCUT2D eigenvalue weighted by Gasteiger charge is -2.30. The van der Waals surface area contributed by atoms with E-state index in [9.17, 15) is 9.90 Å². The second-order valence-electron chi connectivity index (χ2n) is 5.45. The van der Waals surface area contributed by atoms with Gasteiger partial charge in [0, 0.05) is 44.0 Å². The summed E-state index contributed by atoms with van der Waals surface area (Å²) in [4.78, 5) is 17.1. The van der Waals surface area contributed by atoms with Crippen LogP contribution in [0.1, 0.15) is 23.3 Å². The number of aliphatic hydroxyl groups is 1. The van der Waals surface area contributed by atoms with Crippen molar-refractivity contribution in [2.75, 3.05) is 26.2 Å². The number of hydrogen-bond acceptors (Lipinski definition) is 4. The first-order chi connectivity index (χ1) is 9.22. The minimum atomic E-state index is -0.428. The van der Waals surface area contributed by atoms with Crippen molar-refractivity contribution in [3.8, 4) is 0 Å². The van der Waals surface area contributed by atoms with E-state index in [0.29, 0.717) is 19.5 Å². The monoisotopic (exact) mass is 280 g/mol. The number of aliphatic hydroxyl groups excluding tert-OH is 1. The van der Waals surface area contributed by atoms with Gasteiger partial charge in [-0.15, -0.1) is 11.3 Å². The Morgan fingerprint density at radius 3 is 3.00 bits per heavy atom. The van der Waals surface area contributed by atoms with Gasteiger partial charge >= 0.3 is 0 Å². The van der Waals surface area contributed by atoms with E-state index in [1.165, 1.54) is 10.4 Å². The Hall–Kier alpha value is -0.910. The van der Waals surface area contributed by atoms with Crippen molar-refractivity contribution in [2.24, 2.45) is 0 Å². The molecule has 2 aliphatic heterocycles. The first-order valence-corrected chi connectivity index (χ1v) is 7.84. The maximum atomic E-state index is 11.5. The number of amides is 1. The lowest BCUT2D eigenvalue weighted by Crippen LogP contribution is -2.42. The van der Waals surface area contributed by atoms with Gasteiger partial charge in [-0.2, -0.15) is 0 Å². The first-order valence-electron chi connectivity index (χ1n) is 6.96. The van der Waals surface area contributed by atoms with E-state index < -0.39 is 6.10 Å². The van der Waals surface area contributed by atoms with Crippen LogP contribution in [0.25, 0.3) is 0 Å². The van der Waals surface area contributed by atoms with Gasteiger partial charge in [0.1, 0.15) is 0 Å². The molecule has 1 N–H and O–H groups in total. The largest absolute Gasteiger partial charge is 0.390 e. The van der Waals surface area contributed by atoms with Crippen molar-refractivity contribution >= 4 is 17.2 Å². The molecule has 0 bridgehead atoms. The highest BCUT2D eigenvalue weighted by Gasteiger charge is 2.25. The zero-order valence-electron chi connectivity index (χ0n) is 11.0. The number of likely N-dealkylation sites (tertiary alicyclic amines) is 1. The maximum absolute atomic E-state index is 11.5. The Bertz CT molecular complexity index is 460. The van der Waals surface area contributed by atoms with Gasteiger partial charge in [0.2, 0.25) is 5.91 Å². The molecule has 1 aromatic rings. The predicted octanol–water partition coefficient (Wildman–Crippen LogP) is 1.09. The lowest BCUT2D eigenvalue weighted by atomic mass is 10.1. The number of hydrogen-bond donors (Lipinski definition) is 1. The maximum Gasteiger partial charge on any atom is 0.222 e. The van der Waals surface area contributed by atoms with Crippen LogP contribution in [0.3, 0.4) is 0 Å². The van der Waals surface area contributed by atoms with Crippen LogP contribution < -0.4 is 0 Å². The van der Waals surface area contributed by atoms with E-state index in [0.717, 1.165) is 32.5 Å². The molecule has 19 heavy (non-hydrogen) atoms. The first kappa shape index (κ1) is 13.1. The summed E-state index contributed by atoms with van der Waals surface area (Å²) in [6.07, 6.45) is 2.24. The van der Waals surface area contributed by atoms with Gasteiger partial charge in [-0.05, 0) is 29.9 Å². The van der Waals surface area contributed by atoms with Gasteiger partial charge < -0.3 is 10.0 Å². The van der Waals surface area contributed by atoms with Gasteiger partial charge in [-0.25, -0.2) is 0 Å². The molecule has 1 amide bonds. The van der Waals surface area contributed by atoms with Gasteiger partial charge in [0.05, 0.1) is 6.10 Å². The number of β-amino-alcohol motifs (C(OH)–C–C–N with tert-alkyl or cyclic N) is 1. The molecule has 0 spiro atoms. The second kappa shape index (κ2) is 5.61. The molecule has 1 saturated heterocycles. The summed E-state index contributed by atoms with van der Waals surface area (Å²) in [6.45, 7) is 3.91. The molecule has 0 radical (unpaired) electrons. The molecule has 3 rings (SSSR count). The summed E-state index contributed by atoms with van der Waals surface area (Å²) >= 11 is 1.83. The third-order valence-corrected chi connectivity index (χ3v) is 4.98. The average molecular weight is 280 g/mol. The van der Waals surface area contributed by atoms with E-state index in [1.807, 2.05) is 11.3 Å². The normalized spacial score (nSPS) is 21.7. The Labute approximate surface area is 117 Å². The van der Waals surface area contributed by atoms with Gasteiger partial charge in [0.25, 0.3) is 0 Å². The number of carbonyl (C=O) groups excluding carboxylic acids is 1. The van der Waals surface area contributed by atoms with Crippen molar-refractivity contribution in [3.63, 3.8) is 0 Å². The Morgan fingerprint density at radius 1 is 1.32 bits per heavy atom. The third-order valence-electron chi connectivity index (χ3n) is 3.96. The molecule has 1 unspecified atom stereocenters. The highest BCUT2D eigenvalue weighted by molar-refractivity contribution is 7.10. The van der Waals surface area contributed by atoms with Crippen molar-refractivity contribution in [3.05, 3.63) is 21.9 Å². The molecule has 4 nitrogen and oxygen atoms in total. The fourth-order valence-electron chi connectivity index (χ4n) is 2.97. The lowest BCUT2D eigenvalue weighted by molar-refractivity contribution is -0.129. The van der Waals surface area contributed by atoms with E-state index in [4.69, 9.17) is 0 Å². The van der Waals surface area contributed by atoms with Crippen molar-refractivity contribution in [1.82, 2.24) is 9.80 Å². The van der Waals surface area contributed by atoms with Gasteiger partial charge in [-0.1, -0.05) is 0 Å². The molecule has 1 aromatic heterocycles. The number of fused-ring (bicyclic) bond motifs is 1. The van der Waals surface area contributed by atoms with Crippen molar-refractivity contribution < 1.29 is 9.90 Å². The van der Waals surface area contributed by atoms with Crippen LogP contribution in [0.2, 0.25) is 0 Å². The SMILES string of the molecule is O=C1CCCN1CC(O)CN1CCc2sccc2C1. The number of rotatable bonds is 4. The van der Waals surface area contributed by atoms with Gasteiger partial charge in [-0.3, -0.25) is 9.69 Å². The van der Waals surface area contributed by atoms with E-state index >= 15 is 0 Å². The molecule has 3 heterocycles. The number of carbonyl (C=O) groups is 1. The van der Waals surface area contributed by atoms with Crippen LogP contribution in [0.4, 0.5) is 0 Å². The molecule has 0 aliphatic carbocycles. The number of nitrogens with zero attached hydrogens (tertiary/aromatic N) is 2. The minimum absolute atomic E-state index is 0.192. The average Bonchev–Trinajstić information content (AvgIpc) is 2.98. The summed E-state index contributed by atoms with van der Waals surface area (Å²) in [5.41, 5.74) is 1.40. The quantitative estimate of drug-likeness (QED) is 0.898. The predicted molar refractivity (Wildman–Crippen MR) is 75.1 cm³/mol. The van der Waals surface area contributed by atoms with E-state index in [1.54, 1.807) is 4.90 Å². The molecular formula is C14H20N2O2S. The molecule has 0 aromatic carbocycles. The summed E-state index contributed by atoms with van der Waals surface area (Å²) in [5.74, 6) is 0.192. The highest BCUT2D eigenvalue weighted by Crippen LogP contribution is 2.24. The van der Waals surface area contributed by atoms with Crippen molar-refractivity contribution in [2.45, 2.75) is 31.9 Å². The summed E-state index contributed by atoms with van der Waals surface area (Å²) < 4.78 is 0. The van der Waals surface area contributed by atoms with Gasteiger partial charge in [0.15, 0.2) is 0 Å². The second-order valence-corrected chi connectivity index (χ2v) is 6.45. The molecule has 1 fully saturated rings. The zero-order valence-corrected chi connectivity index (χ0v) is 11.9.